The molecule has 0 saturated heterocycles. The van der Waals surface area contributed by atoms with Crippen molar-refractivity contribution in [2.75, 3.05) is 0 Å². The third-order valence-electron chi connectivity index (χ3n) is 4.46. The molecule has 2 amide bonds. The molecule has 0 aromatic rings. The minimum absolute atomic E-state index is 0.173. The van der Waals surface area contributed by atoms with Crippen LogP contribution >= 0.6 is 0 Å². The van der Waals surface area contributed by atoms with Crippen LogP contribution < -0.4 is 11.1 Å². The summed E-state index contributed by atoms with van der Waals surface area (Å²) < 4.78 is 0. The van der Waals surface area contributed by atoms with Gasteiger partial charge < -0.3 is 11.1 Å². The summed E-state index contributed by atoms with van der Waals surface area (Å²) in [6.45, 7) is 0. The highest BCUT2D eigenvalue weighted by Gasteiger charge is 2.50. The summed E-state index contributed by atoms with van der Waals surface area (Å²) in [5, 5.41) is 2.79. The minimum atomic E-state index is -0.884. The Labute approximate surface area is 106 Å². The van der Waals surface area contributed by atoms with Crippen LogP contribution in [0.3, 0.4) is 0 Å². The number of carbonyl (C=O) groups is 2. The van der Waals surface area contributed by atoms with Crippen LogP contribution in [0, 0.1) is 11.3 Å². The molecule has 1 spiro atoms. The van der Waals surface area contributed by atoms with E-state index >= 15 is 0 Å². The van der Waals surface area contributed by atoms with Gasteiger partial charge in [0.05, 0.1) is 6.04 Å². The largest absolute Gasteiger partial charge is 0.321 e. The molecule has 0 radical (unpaired) electrons. The average Bonchev–Trinajstić information content (AvgIpc) is 3.20. The van der Waals surface area contributed by atoms with Gasteiger partial charge in [-0.15, -0.1) is 0 Å². The van der Waals surface area contributed by atoms with Gasteiger partial charge in [-0.1, -0.05) is 19.3 Å². The van der Waals surface area contributed by atoms with Gasteiger partial charge in [0.25, 0.3) is 5.91 Å². The Hall–Kier alpha value is -1.23. The molecule has 5 heteroatoms. The zero-order valence-electron chi connectivity index (χ0n) is 10.4. The summed E-state index contributed by atoms with van der Waals surface area (Å²) in [6.07, 6.45) is 6.35. The number of nitrogens with one attached hydrogen (secondary N) is 1. The van der Waals surface area contributed by atoms with E-state index in [-0.39, 0.29) is 17.9 Å². The first kappa shape index (κ1) is 11.8. The molecule has 18 heavy (non-hydrogen) atoms. The number of hydrogen-bond donors (Lipinski definition) is 2. The van der Waals surface area contributed by atoms with Gasteiger partial charge in [-0.25, -0.2) is 0 Å². The molecular weight excluding hydrogens is 230 g/mol. The third kappa shape index (κ3) is 1.77. The molecule has 2 fully saturated rings. The smallest absolute Gasteiger partial charge is 0.263 e. The lowest BCUT2D eigenvalue weighted by molar-refractivity contribution is -0.144. The molecule has 3 N–H and O–H groups in total. The van der Waals surface area contributed by atoms with E-state index in [1.165, 1.54) is 0 Å². The Morgan fingerprint density at radius 3 is 2.44 bits per heavy atom. The zero-order chi connectivity index (χ0) is 12.8. The van der Waals surface area contributed by atoms with Crippen molar-refractivity contribution < 1.29 is 9.59 Å². The Morgan fingerprint density at radius 2 is 1.89 bits per heavy atom. The maximum absolute atomic E-state index is 12.3. The van der Waals surface area contributed by atoms with Gasteiger partial charge in [-0.05, 0) is 31.6 Å². The average molecular weight is 249 g/mol. The van der Waals surface area contributed by atoms with Gasteiger partial charge in [-0.2, -0.15) is 4.99 Å². The molecule has 98 valence electrons. The fourth-order valence-corrected chi connectivity index (χ4v) is 3.01. The summed E-state index contributed by atoms with van der Waals surface area (Å²) in [4.78, 5) is 28.6. The number of hydrogen-bond acceptors (Lipinski definition) is 3. The zero-order valence-corrected chi connectivity index (χ0v) is 10.4. The summed E-state index contributed by atoms with van der Waals surface area (Å²) >= 11 is 0. The van der Waals surface area contributed by atoms with Crippen LogP contribution in [-0.2, 0) is 9.59 Å². The Bertz CT molecular complexity index is 420. The van der Waals surface area contributed by atoms with Crippen molar-refractivity contribution >= 4 is 17.6 Å². The van der Waals surface area contributed by atoms with E-state index in [0.717, 1.165) is 32.1 Å². The number of carbonyl (C=O) groups excluding carboxylic acids is 2. The van der Waals surface area contributed by atoms with Crippen LogP contribution in [0.25, 0.3) is 0 Å². The number of rotatable bonds is 2. The standard InChI is InChI=1S/C13H19N3O2/c14-9(8-4-5-8)10-15-11(17)13(12(18)16-10)6-2-1-3-7-13/h8-9H,1-7,14H2,(H,15,16,17,18). The van der Waals surface area contributed by atoms with Crippen molar-refractivity contribution in [3.05, 3.63) is 0 Å². The summed E-state index contributed by atoms with van der Waals surface area (Å²) in [6, 6.07) is -0.279. The lowest BCUT2D eigenvalue weighted by Crippen LogP contribution is -2.57. The fourth-order valence-electron chi connectivity index (χ4n) is 3.01. The summed E-state index contributed by atoms with van der Waals surface area (Å²) in [5.74, 6) is 0.339. The van der Waals surface area contributed by atoms with E-state index in [1.807, 2.05) is 0 Å². The first-order valence-corrected chi connectivity index (χ1v) is 6.83. The van der Waals surface area contributed by atoms with Crippen molar-refractivity contribution in [1.82, 2.24) is 5.32 Å². The molecule has 0 aromatic heterocycles. The molecular formula is C13H19N3O2. The van der Waals surface area contributed by atoms with Gasteiger partial charge in [0.1, 0.15) is 11.3 Å². The number of amides is 2. The first-order valence-electron chi connectivity index (χ1n) is 6.83. The Kier molecular flexibility index (Phi) is 2.73. The molecule has 1 atom stereocenters. The van der Waals surface area contributed by atoms with Crippen molar-refractivity contribution in [3.63, 3.8) is 0 Å². The molecule has 0 bridgehead atoms. The van der Waals surface area contributed by atoms with E-state index in [1.54, 1.807) is 0 Å². The molecule has 5 nitrogen and oxygen atoms in total. The first-order chi connectivity index (χ1) is 8.63. The summed E-state index contributed by atoms with van der Waals surface area (Å²) in [7, 11) is 0. The SMILES string of the molecule is NC(C1=NC(=O)C2(CCCCC2)C(=O)N1)C1CC1. The monoisotopic (exact) mass is 249 g/mol. The Balaban J connectivity index is 1.85. The van der Waals surface area contributed by atoms with Crippen molar-refractivity contribution in [3.8, 4) is 0 Å². The number of nitrogens with zero attached hydrogens (tertiary/aromatic N) is 1. The van der Waals surface area contributed by atoms with Gasteiger partial charge in [0.15, 0.2) is 0 Å². The van der Waals surface area contributed by atoms with Crippen LogP contribution in [0.15, 0.2) is 4.99 Å². The van der Waals surface area contributed by atoms with Crippen LogP contribution in [0.4, 0.5) is 0 Å². The molecule has 1 heterocycles. The van der Waals surface area contributed by atoms with Gasteiger partial charge in [0.2, 0.25) is 5.91 Å². The molecule has 0 aromatic carbocycles. The van der Waals surface area contributed by atoms with Gasteiger partial charge in [0, 0.05) is 0 Å². The predicted octanol–water partition coefficient (Wildman–Crippen LogP) is 0.729. The van der Waals surface area contributed by atoms with Gasteiger partial charge in [-0.3, -0.25) is 9.59 Å². The lowest BCUT2D eigenvalue weighted by atomic mass is 9.72. The fraction of sp³-hybridized carbons (Fsp3) is 0.769. The lowest BCUT2D eigenvalue weighted by Gasteiger charge is -2.36. The van der Waals surface area contributed by atoms with Crippen LogP contribution in [0.1, 0.15) is 44.9 Å². The second-order valence-electron chi connectivity index (χ2n) is 5.76. The van der Waals surface area contributed by atoms with E-state index in [0.29, 0.717) is 24.6 Å². The van der Waals surface area contributed by atoms with E-state index < -0.39 is 5.41 Å². The molecule has 2 aliphatic carbocycles. The number of aliphatic imine (C=N–C) groups is 1. The summed E-state index contributed by atoms with van der Waals surface area (Å²) in [5.41, 5.74) is 5.11. The molecule has 2 saturated carbocycles. The number of nitrogens with two attached hydrogens (primary N) is 1. The van der Waals surface area contributed by atoms with E-state index in [2.05, 4.69) is 10.3 Å². The van der Waals surface area contributed by atoms with Crippen molar-refractivity contribution in [2.24, 2.45) is 22.1 Å². The second kappa shape index (κ2) is 4.16. The maximum Gasteiger partial charge on any atom is 0.263 e. The normalized spacial score (nSPS) is 28.8. The molecule has 3 aliphatic rings. The highest BCUT2D eigenvalue weighted by Crippen LogP contribution is 2.40. The number of amidine groups is 1. The van der Waals surface area contributed by atoms with Crippen LogP contribution in [0.5, 0.6) is 0 Å². The third-order valence-corrected chi connectivity index (χ3v) is 4.46. The topological polar surface area (TPSA) is 84.5 Å². The molecule has 3 rings (SSSR count). The molecule has 1 unspecified atom stereocenters. The molecule has 1 aliphatic heterocycles. The van der Waals surface area contributed by atoms with Crippen molar-refractivity contribution in [2.45, 2.75) is 51.0 Å². The predicted molar refractivity (Wildman–Crippen MR) is 66.8 cm³/mol. The van der Waals surface area contributed by atoms with Crippen LogP contribution in [-0.4, -0.2) is 23.7 Å². The maximum atomic E-state index is 12.3. The second-order valence-corrected chi connectivity index (χ2v) is 5.76. The van der Waals surface area contributed by atoms with Crippen LogP contribution in [0.2, 0.25) is 0 Å². The Morgan fingerprint density at radius 1 is 1.22 bits per heavy atom. The highest BCUT2D eigenvalue weighted by atomic mass is 16.2. The van der Waals surface area contributed by atoms with Gasteiger partial charge >= 0.3 is 0 Å². The van der Waals surface area contributed by atoms with E-state index in [9.17, 15) is 9.59 Å². The minimum Gasteiger partial charge on any atom is -0.321 e. The van der Waals surface area contributed by atoms with Crippen molar-refractivity contribution in [1.29, 1.82) is 0 Å². The van der Waals surface area contributed by atoms with E-state index in [4.69, 9.17) is 5.73 Å². The quantitative estimate of drug-likeness (QED) is 0.707. The highest BCUT2D eigenvalue weighted by molar-refractivity contribution is 6.20.